The number of hydrogen-bond donors (Lipinski definition) is 2. The fraction of sp³-hybridized carbons (Fsp3) is 0.222. The number of carbonyl (C=O) groups excluding carboxylic acids is 3. The molecule has 0 bridgehead atoms. The van der Waals surface area contributed by atoms with Gasteiger partial charge in [0, 0.05) is 36.3 Å². The monoisotopic (exact) mass is 831 g/mol. The number of anilines is 1. The highest BCUT2D eigenvalue weighted by Crippen LogP contribution is 2.33. The smallest absolute Gasteiger partial charge is 0.303 e. The Hall–Kier alpha value is -6.31. The van der Waals surface area contributed by atoms with Crippen LogP contribution in [0.2, 0.25) is 5.02 Å². The SMILES string of the molecule is Cc1c(Cl)c(C(=O)N(c2ccc(CCC(=O)O)cc2)C(C)(C)C)nn1-c1ccc(C(=O)NS(=O)(=O)c2ccc3ccccc3c2)cc1C(=O)N1CCc2ccccc2C1. The first-order chi connectivity index (χ1) is 28.0. The molecule has 3 amide bonds. The number of hydrogen-bond acceptors (Lipinski definition) is 7. The lowest BCUT2D eigenvalue weighted by Gasteiger charge is -2.35. The van der Waals surface area contributed by atoms with Gasteiger partial charge in [-0.15, -0.1) is 0 Å². The summed E-state index contributed by atoms with van der Waals surface area (Å²) in [5.74, 6) is -2.79. The molecule has 302 valence electrons. The molecule has 1 aliphatic rings. The average molecular weight is 832 g/mol. The van der Waals surface area contributed by atoms with Gasteiger partial charge in [0.2, 0.25) is 0 Å². The molecule has 0 aliphatic carbocycles. The number of amides is 3. The second-order valence-corrected chi connectivity index (χ2v) is 17.5. The highest BCUT2D eigenvalue weighted by atomic mass is 35.5. The number of sulfonamides is 1. The molecule has 5 aromatic carbocycles. The molecule has 1 aliphatic heterocycles. The fourth-order valence-corrected chi connectivity index (χ4v) is 8.49. The fourth-order valence-electron chi connectivity index (χ4n) is 7.28. The van der Waals surface area contributed by atoms with Gasteiger partial charge in [-0.1, -0.05) is 78.3 Å². The molecule has 0 fully saturated rings. The van der Waals surface area contributed by atoms with E-state index >= 15 is 0 Å². The van der Waals surface area contributed by atoms with Crippen LogP contribution in [0.25, 0.3) is 16.5 Å². The van der Waals surface area contributed by atoms with Crippen LogP contribution < -0.4 is 9.62 Å². The van der Waals surface area contributed by atoms with Crippen molar-refractivity contribution >= 4 is 61.8 Å². The van der Waals surface area contributed by atoms with E-state index in [1.165, 1.54) is 35.0 Å². The Kier molecular flexibility index (Phi) is 11.2. The molecule has 7 rings (SSSR count). The Bertz CT molecular complexity index is 2760. The van der Waals surface area contributed by atoms with Gasteiger partial charge in [-0.2, -0.15) is 5.10 Å². The largest absolute Gasteiger partial charge is 0.481 e. The molecule has 0 saturated heterocycles. The summed E-state index contributed by atoms with van der Waals surface area (Å²) in [7, 11) is -4.31. The molecule has 59 heavy (non-hydrogen) atoms. The number of carboxylic acids is 1. The highest BCUT2D eigenvalue weighted by molar-refractivity contribution is 7.90. The molecule has 0 saturated carbocycles. The Labute approximate surface area is 347 Å². The van der Waals surface area contributed by atoms with E-state index < -0.39 is 39.3 Å². The maximum Gasteiger partial charge on any atom is 0.303 e. The first-order valence-corrected chi connectivity index (χ1v) is 20.8. The molecule has 0 unspecified atom stereocenters. The Balaban J connectivity index is 1.26. The van der Waals surface area contributed by atoms with Gasteiger partial charge in [0.15, 0.2) is 5.69 Å². The third kappa shape index (κ3) is 8.48. The number of carboxylic acid groups (broad SMARTS) is 1. The molecule has 6 aromatic rings. The van der Waals surface area contributed by atoms with Gasteiger partial charge in [-0.05, 0) is 110 Å². The van der Waals surface area contributed by atoms with Crippen molar-refractivity contribution in [1.29, 1.82) is 0 Å². The second-order valence-electron chi connectivity index (χ2n) is 15.5. The van der Waals surface area contributed by atoms with E-state index in [1.807, 2.05) is 57.2 Å². The molecule has 0 atom stereocenters. The molecule has 0 radical (unpaired) electrons. The molecule has 2 heterocycles. The Morgan fingerprint density at radius 1 is 0.864 bits per heavy atom. The zero-order valence-electron chi connectivity index (χ0n) is 32.9. The van der Waals surface area contributed by atoms with Crippen LogP contribution in [-0.2, 0) is 34.2 Å². The summed E-state index contributed by atoms with van der Waals surface area (Å²) in [5.41, 5.74) is 3.15. The summed E-state index contributed by atoms with van der Waals surface area (Å²) >= 11 is 6.91. The van der Waals surface area contributed by atoms with E-state index in [2.05, 4.69) is 9.82 Å². The van der Waals surface area contributed by atoms with Crippen molar-refractivity contribution in [2.75, 3.05) is 11.4 Å². The Morgan fingerprint density at radius 2 is 1.54 bits per heavy atom. The molecular weight excluding hydrogens is 790 g/mol. The van der Waals surface area contributed by atoms with Crippen LogP contribution in [0.3, 0.4) is 0 Å². The van der Waals surface area contributed by atoms with Crippen LogP contribution in [0, 0.1) is 6.92 Å². The van der Waals surface area contributed by atoms with Gasteiger partial charge in [-0.3, -0.25) is 19.2 Å². The number of rotatable bonds is 10. The number of nitrogens with zero attached hydrogens (tertiary/aromatic N) is 4. The number of carbonyl (C=O) groups is 4. The third-order valence-electron chi connectivity index (χ3n) is 10.3. The summed E-state index contributed by atoms with van der Waals surface area (Å²) in [5, 5.41) is 15.4. The van der Waals surface area contributed by atoms with Crippen molar-refractivity contribution < 1.29 is 32.7 Å². The highest BCUT2D eigenvalue weighted by Gasteiger charge is 2.34. The molecule has 0 spiro atoms. The molecule has 14 heteroatoms. The predicted octanol–water partition coefficient (Wildman–Crippen LogP) is 7.77. The summed E-state index contributed by atoms with van der Waals surface area (Å²) in [6, 6.07) is 30.9. The topological polar surface area (TPSA) is 159 Å². The predicted molar refractivity (Wildman–Crippen MR) is 226 cm³/mol. The number of halogens is 1. The van der Waals surface area contributed by atoms with E-state index in [1.54, 1.807) is 59.2 Å². The van der Waals surface area contributed by atoms with Crippen LogP contribution >= 0.6 is 11.6 Å². The molecule has 2 N–H and O–H groups in total. The minimum Gasteiger partial charge on any atom is -0.481 e. The lowest BCUT2D eigenvalue weighted by atomic mass is 9.98. The Morgan fingerprint density at radius 3 is 2.24 bits per heavy atom. The van der Waals surface area contributed by atoms with E-state index in [9.17, 15) is 27.6 Å². The normalized spacial score (nSPS) is 12.9. The summed E-state index contributed by atoms with van der Waals surface area (Å²) in [4.78, 5) is 57.0. The summed E-state index contributed by atoms with van der Waals surface area (Å²) in [6.45, 7) is 7.93. The van der Waals surface area contributed by atoms with Crippen molar-refractivity contribution in [2.45, 2.75) is 63.9 Å². The van der Waals surface area contributed by atoms with Gasteiger partial charge < -0.3 is 14.9 Å². The van der Waals surface area contributed by atoms with Gasteiger partial charge in [0.25, 0.3) is 27.7 Å². The van der Waals surface area contributed by atoms with Gasteiger partial charge >= 0.3 is 5.97 Å². The third-order valence-corrected chi connectivity index (χ3v) is 12.1. The number of benzene rings is 5. The standard InChI is InChI=1S/C45H42ClN5O7S/c1-28-40(46)41(44(56)50(45(2,3)4)35-18-13-29(14-19-35)15-22-39(52)53)47-51(28)38-21-17-33(26-37(38)43(55)49-24-23-31-10-6-8-12-34(31)27-49)42(54)48-59(57,58)36-20-16-30-9-5-7-11-32(30)25-36/h5-14,16-21,25-26H,15,22-24,27H2,1-4H3,(H,48,54)(H,52,53). The van der Waals surface area contributed by atoms with Crippen molar-refractivity contribution in [3.05, 3.63) is 153 Å². The average Bonchev–Trinajstić information content (AvgIpc) is 3.51. The lowest BCUT2D eigenvalue weighted by molar-refractivity contribution is -0.136. The minimum atomic E-state index is -4.31. The van der Waals surface area contributed by atoms with Crippen molar-refractivity contribution in [3.8, 4) is 5.69 Å². The van der Waals surface area contributed by atoms with E-state index in [0.717, 1.165) is 22.1 Å². The van der Waals surface area contributed by atoms with Gasteiger partial charge in [-0.25, -0.2) is 17.8 Å². The molecular formula is C45H42ClN5O7S. The second kappa shape index (κ2) is 16.1. The van der Waals surface area contributed by atoms with Crippen LogP contribution in [0.15, 0.2) is 114 Å². The van der Waals surface area contributed by atoms with Crippen molar-refractivity contribution in [1.82, 2.24) is 19.4 Å². The zero-order valence-corrected chi connectivity index (χ0v) is 34.5. The first kappa shape index (κ1) is 40.9. The van der Waals surface area contributed by atoms with Crippen LogP contribution in [0.4, 0.5) is 5.69 Å². The van der Waals surface area contributed by atoms with Crippen LogP contribution in [0.5, 0.6) is 0 Å². The van der Waals surface area contributed by atoms with E-state index in [4.69, 9.17) is 16.7 Å². The van der Waals surface area contributed by atoms with Crippen molar-refractivity contribution in [3.63, 3.8) is 0 Å². The van der Waals surface area contributed by atoms with Crippen LogP contribution in [0.1, 0.15) is 80.8 Å². The van der Waals surface area contributed by atoms with E-state index in [-0.39, 0.29) is 38.8 Å². The number of nitrogens with one attached hydrogen (secondary N) is 1. The van der Waals surface area contributed by atoms with Gasteiger partial charge in [0.05, 0.1) is 26.9 Å². The quantitative estimate of drug-likeness (QED) is 0.142. The van der Waals surface area contributed by atoms with Crippen LogP contribution in [-0.4, -0.2) is 64.0 Å². The minimum absolute atomic E-state index is 0.0286. The maximum atomic E-state index is 14.6. The first-order valence-electron chi connectivity index (χ1n) is 19.0. The zero-order chi connectivity index (χ0) is 42.2. The molecule has 1 aromatic heterocycles. The summed E-state index contributed by atoms with van der Waals surface area (Å²) in [6.07, 6.45) is 0.912. The molecule has 12 nitrogen and oxygen atoms in total. The summed E-state index contributed by atoms with van der Waals surface area (Å²) < 4.78 is 30.5. The van der Waals surface area contributed by atoms with Gasteiger partial charge in [0.1, 0.15) is 0 Å². The van der Waals surface area contributed by atoms with Crippen molar-refractivity contribution in [2.24, 2.45) is 0 Å². The van der Waals surface area contributed by atoms with E-state index in [0.29, 0.717) is 42.7 Å². The maximum absolute atomic E-state index is 14.6. The lowest BCUT2D eigenvalue weighted by Crippen LogP contribution is -2.46. The number of fused-ring (bicyclic) bond motifs is 2. The number of aliphatic carboxylic acids is 1. The number of aromatic nitrogens is 2. The number of aryl methyl sites for hydroxylation is 1.